The monoisotopic (exact) mass is 341 g/mol. The van der Waals surface area contributed by atoms with Crippen LogP contribution >= 0.6 is 35.0 Å². The Labute approximate surface area is 135 Å². The first-order valence-corrected chi connectivity index (χ1v) is 7.30. The van der Waals surface area contributed by atoms with Gasteiger partial charge in [-0.05, 0) is 24.3 Å². The third-order valence-electron chi connectivity index (χ3n) is 2.59. The maximum absolute atomic E-state index is 11.7. The van der Waals surface area contributed by atoms with Crippen LogP contribution in [-0.4, -0.2) is 24.3 Å². The zero-order valence-corrected chi connectivity index (χ0v) is 13.1. The molecule has 0 aliphatic heterocycles. The Kier molecular flexibility index (Phi) is 5.22. The lowest BCUT2D eigenvalue weighted by Crippen LogP contribution is -2.04. The van der Waals surface area contributed by atoms with E-state index in [1.165, 1.54) is 19.4 Å². The largest absolute Gasteiger partial charge is 0.465 e. The van der Waals surface area contributed by atoms with Gasteiger partial charge in [0.25, 0.3) is 0 Å². The third-order valence-corrected chi connectivity index (χ3v) is 4.51. The molecule has 0 N–H and O–H groups in total. The molecular formula is C14H9Cl2NO3S. The number of aromatic nitrogens is 1. The van der Waals surface area contributed by atoms with E-state index < -0.39 is 5.97 Å². The van der Waals surface area contributed by atoms with E-state index in [0.717, 1.165) is 11.8 Å². The number of halogens is 2. The fourth-order valence-corrected chi connectivity index (χ4v) is 3.14. The van der Waals surface area contributed by atoms with Crippen LogP contribution in [0.4, 0.5) is 0 Å². The fourth-order valence-electron chi connectivity index (χ4n) is 1.60. The highest BCUT2D eigenvalue weighted by Gasteiger charge is 2.18. The van der Waals surface area contributed by atoms with Gasteiger partial charge < -0.3 is 4.74 Å². The average molecular weight is 342 g/mol. The SMILES string of the molecule is COC(=O)c1cccnc1Sc1c(Cl)ccc(Cl)c1C=O. The topological polar surface area (TPSA) is 56.3 Å². The van der Waals surface area contributed by atoms with Crippen molar-refractivity contribution in [1.82, 2.24) is 4.98 Å². The van der Waals surface area contributed by atoms with Crippen LogP contribution in [0.3, 0.4) is 0 Å². The van der Waals surface area contributed by atoms with E-state index in [-0.39, 0.29) is 16.1 Å². The van der Waals surface area contributed by atoms with Crippen molar-refractivity contribution in [2.45, 2.75) is 9.92 Å². The molecule has 0 fully saturated rings. The molecule has 2 rings (SSSR count). The average Bonchev–Trinajstić information content (AvgIpc) is 2.51. The maximum Gasteiger partial charge on any atom is 0.340 e. The zero-order valence-electron chi connectivity index (χ0n) is 10.8. The third kappa shape index (κ3) is 3.37. The van der Waals surface area contributed by atoms with Crippen LogP contribution in [0.5, 0.6) is 0 Å². The van der Waals surface area contributed by atoms with Gasteiger partial charge in [0, 0.05) is 16.7 Å². The van der Waals surface area contributed by atoms with Crippen molar-refractivity contribution in [3.63, 3.8) is 0 Å². The smallest absolute Gasteiger partial charge is 0.340 e. The van der Waals surface area contributed by atoms with Crippen molar-refractivity contribution in [1.29, 1.82) is 0 Å². The summed E-state index contributed by atoms with van der Waals surface area (Å²) >= 11 is 13.2. The maximum atomic E-state index is 11.7. The van der Waals surface area contributed by atoms with E-state index in [1.807, 2.05) is 0 Å². The Balaban J connectivity index is 2.51. The number of pyridine rings is 1. The number of benzene rings is 1. The molecule has 0 aliphatic rings. The summed E-state index contributed by atoms with van der Waals surface area (Å²) in [5.41, 5.74) is 0.550. The van der Waals surface area contributed by atoms with Gasteiger partial charge in [-0.15, -0.1) is 0 Å². The number of esters is 1. The van der Waals surface area contributed by atoms with Gasteiger partial charge in [-0.3, -0.25) is 4.79 Å². The summed E-state index contributed by atoms with van der Waals surface area (Å²) in [5, 5.41) is 1.03. The molecule has 1 heterocycles. The van der Waals surface area contributed by atoms with Crippen molar-refractivity contribution in [3.05, 3.63) is 51.6 Å². The summed E-state index contributed by atoms with van der Waals surface area (Å²) in [6.45, 7) is 0. The van der Waals surface area contributed by atoms with Gasteiger partial charge in [0.1, 0.15) is 5.03 Å². The van der Waals surface area contributed by atoms with Crippen molar-refractivity contribution >= 4 is 47.2 Å². The molecule has 0 unspecified atom stereocenters. The van der Waals surface area contributed by atoms with Gasteiger partial charge in [-0.25, -0.2) is 9.78 Å². The minimum atomic E-state index is -0.517. The minimum absolute atomic E-state index is 0.260. The van der Waals surface area contributed by atoms with E-state index in [0.29, 0.717) is 21.2 Å². The second-order valence-corrected chi connectivity index (χ2v) is 5.65. The standard InChI is InChI=1S/C14H9Cl2NO3S/c1-20-14(19)8-3-2-6-17-13(8)21-12-9(7-18)10(15)4-5-11(12)16/h2-7H,1H3. The number of rotatable bonds is 4. The second-order valence-electron chi connectivity index (χ2n) is 3.84. The second kappa shape index (κ2) is 6.93. The quantitative estimate of drug-likeness (QED) is 0.617. The van der Waals surface area contributed by atoms with Crippen LogP contribution in [0.25, 0.3) is 0 Å². The highest BCUT2D eigenvalue weighted by atomic mass is 35.5. The van der Waals surface area contributed by atoms with Gasteiger partial charge in [-0.2, -0.15) is 0 Å². The molecule has 1 aromatic carbocycles. The van der Waals surface area contributed by atoms with E-state index in [1.54, 1.807) is 18.2 Å². The number of ether oxygens (including phenoxy) is 1. The molecule has 0 saturated carbocycles. The number of hydrogen-bond donors (Lipinski definition) is 0. The van der Waals surface area contributed by atoms with Gasteiger partial charge >= 0.3 is 5.97 Å². The van der Waals surface area contributed by atoms with Gasteiger partial charge in [0.05, 0.1) is 22.7 Å². The predicted molar refractivity (Wildman–Crippen MR) is 81.5 cm³/mol. The molecule has 0 spiro atoms. The Bertz CT molecular complexity index is 707. The number of aldehydes is 1. The summed E-state index contributed by atoms with van der Waals surface area (Å²) in [5.74, 6) is -0.517. The van der Waals surface area contributed by atoms with Gasteiger partial charge in [-0.1, -0.05) is 35.0 Å². The summed E-state index contributed by atoms with van der Waals surface area (Å²) < 4.78 is 4.70. The van der Waals surface area contributed by atoms with Crippen molar-refractivity contribution in [3.8, 4) is 0 Å². The van der Waals surface area contributed by atoms with Gasteiger partial charge in [0.2, 0.25) is 0 Å². The van der Waals surface area contributed by atoms with Crippen molar-refractivity contribution in [2.75, 3.05) is 7.11 Å². The highest BCUT2D eigenvalue weighted by molar-refractivity contribution is 7.99. The number of carbonyl (C=O) groups excluding carboxylic acids is 2. The molecule has 2 aromatic rings. The van der Waals surface area contributed by atoms with Crippen LogP contribution in [0.1, 0.15) is 20.7 Å². The summed E-state index contributed by atoms with van der Waals surface area (Å²) in [6.07, 6.45) is 2.16. The summed E-state index contributed by atoms with van der Waals surface area (Å²) in [7, 11) is 1.28. The van der Waals surface area contributed by atoms with Crippen LogP contribution in [0.2, 0.25) is 10.0 Å². The molecule has 7 heteroatoms. The number of hydrogen-bond acceptors (Lipinski definition) is 5. The molecule has 0 saturated heterocycles. The first-order chi connectivity index (χ1) is 10.1. The van der Waals surface area contributed by atoms with Crippen LogP contribution in [0.15, 0.2) is 40.4 Å². The van der Waals surface area contributed by atoms with Crippen molar-refractivity contribution < 1.29 is 14.3 Å². The Morgan fingerprint density at radius 1 is 1.29 bits per heavy atom. The van der Waals surface area contributed by atoms with E-state index in [9.17, 15) is 9.59 Å². The zero-order chi connectivity index (χ0) is 15.4. The fraction of sp³-hybridized carbons (Fsp3) is 0.0714. The molecule has 0 amide bonds. The van der Waals surface area contributed by atoms with E-state index in [4.69, 9.17) is 27.9 Å². The number of nitrogens with zero attached hydrogens (tertiary/aromatic N) is 1. The molecule has 0 radical (unpaired) electrons. The molecule has 21 heavy (non-hydrogen) atoms. The van der Waals surface area contributed by atoms with Crippen LogP contribution in [-0.2, 0) is 4.74 Å². The summed E-state index contributed by atoms with van der Waals surface area (Å²) in [6, 6.07) is 6.33. The predicted octanol–water partition coefficient (Wildman–Crippen LogP) is 4.14. The first kappa shape index (κ1) is 15.8. The Morgan fingerprint density at radius 3 is 2.67 bits per heavy atom. The molecule has 0 aliphatic carbocycles. The normalized spacial score (nSPS) is 10.2. The molecule has 108 valence electrons. The summed E-state index contributed by atoms with van der Waals surface area (Å²) in [4.78, 5) is 27.5. The highest BCUT2D eigenvalue weighted by Crippen LogP contribution is 2.38. The Hall–Kier alpha value is -1.56. The lowest BCUT2D eigenvalue weighted by Gasteiger charge is -2.10. The lowest BCUT2D eigenvalue weighted by atomic mass is 10.2. The van der Waals surface area contributed by atoms with E-state index in [2.05, 4.69) is 4.98 Å². The van der Waals surface area contributed by atoms with Crippen LogP contribution in [0, 0.1) is 0 Å². The molecular weight excluding hydrogens is 333 g/mol. The molecule has 4 nitrogen and oxygen atoms in total. The number of carbonyl (C=O) groups is 2. The minimum Gasteiger partial charge on any atom is -0.465 e. The molecule has 0 bridgehead atoms. The first-order valence-electron chi connectivity index (χ1n) is 5.72. The van der Waals surface area contributed by atoms with Crippen LogP contribution < -0.4 is 0 Å². The van der Waals surface area contributed by atoms with Crippen molar-refractivity contribution in [2.24, 2.45) is 0 Å². The molecule has 0 atom stereocenters. The Morgan fingerprint density at radius 2 is 2.00 bits per heavy atom. The van der Waals surface area contributed by atoms with Gasteiger partial charge in [0.15, 0.2) is 6.29 Å². The number of methoxy groups -OCH3 is 1. The van der Waals surface area contributed by atoms with E-state index >= 15 is 0 Å². The lowest BCUT2D eigenvalue weighted by molar-refractivity contribution is 0.0595. The molecule has 1 aromatic heterocycles.